The van der Waals surface area contributed by atoms with Crippen molar-refractivity contribution in [3.8, 4) is 0 Å². The van der Waals surface area contributed by atoms with Crippen LogP contribution in [0.2, 0.25) is 0 Å². The molecule has 11 heavy (non-hydrogen) atoms. The van der Waals surface area contributed by atoms with Crippen molar-refractivity contribution in [3.05, 3.63) is 0 Å². The molecule has 0 spiro atoms. The standard InChI is InChI=1S/C7H12N2O2/c10-7-6-3-5(1-2-8-6)4-9(7)11/h5-6,8,11H,1-4H2. The minimum Gasteiger partial charge on any atom is -0.306 e. The fourth-order valence-corrected chi connectivity index (χ4v) is 1.86. The number of nitrogens with one attached hydrogen (secondary N) is 1. The van der Waals surface area contributed by atoms with Gasteiger partial charge in [0.15, 0.2) is 0 Å². The van der Waals surface area contributed by atoms with Crippen LogP contribution >= 0.6 is 0 Å². The van der Waals surface area contributed by atoms with Gasteiger partial charge in [-0.05, 0) is 25.3 Å². The largest absolute Gasteiger partial charge is 0.306 e. The summed E-state index contributed by atoms with van der Waals surface area (Å²) >= 11 is 0. The molecule has 2 heterocycles. The molecule has 62 valence electrons. The molecule has 2 fully saturated rings. The van der Waals surface area contributed by atoms with E-state index in [1.165, 1.54) is 0 Å². The summed E-state index contributed by atoms with van der Waals surface area (Å²) in [5.74, 6) is 0.338. The molecule has 0 aromatic carbocycles. The average Bonchev–Trinajstić information content (AvgIpc) is 2.01. The van der Waals surface area contributed by atoms with Crippen LogP contribution in [0.1, 0.15) is 12.8 Å². The van der Waals surface area contributed by atoms with Crippen LogP contribution in [-0.4, -0.2) is 35.3 Å². The number of hydroxylamine groups is 2. The van der Waals surface area contributed by atoms with Crippen molar-refractivity contribution in [2.75, 3.05) is 13.1 Å². The van der Waals surface area contributed by atoms with Crippen molar-refractivity contribution in [1.82, 2.24) is 10.4 Å². The first-order chi connectivity index (χ1) is 5.27. The second-order valence-electron chi connectivity index (χ2n) is 3.32. The summed E-state index contributed by atoms with van der Waals surface area (Å²) in [5, 5.41) is 13.1. The van der Waals surface area contributed by atoms with Gasteiger partial charge >= 0.3 is 0 Å². The highest BCUT2D eigenvalue weighted by atomic mass is 16.5. The number of carbonyl (C=O) groups excluding carboxylic acids is 1. The second kappa shape index (κ2) is 2.46. The fourth-order valence-electron chi connectivity index (χ4n) is 1.86. The maximum atomic E-state index is 11.1. The molecule has 2 aliphatic heterocycles. The van der Waals surface area contributed by atoms with E-state index in [0.717, 1.165) is 24.4 Å². The minimum atomic E-state index is -0.166. The molecule has 2 bridgehead atoms. The first-order valence-corrected chi connectivity index (χ1v) is 4.01. The Hall–Kier alpha value is -0.610. The van der Waals surface area contributed by atoms with Crippen molar-refractivity contribution >= 4 is 5.91 Å². The van der Waals surface area contributed by atoms with E-state index in [4.69, 9.17) is 5.21 Å². The normalized spacial score (nSPS) is 37.5. The van der Waals surface area contributed by atoms with Gasteiger partial charge in [0, 0.05) is 0 Å². The summed E-state index contributed by atoms with van der Waals surface area (Å²) in [5.41, 5.74) is 0. The van der Waals surface area contributed by atoms with Crippen molar-refractivity contribution in [2.45, 2.75) is 18.9 Å². The summed E-state index contributed by atoms with van der Waals surface area (Å²) < 4.78 is 0. The van der Waals surface area contributed by atoms with Gasteiger partial charge in [0.1, 0.15) is 0 Å². The second-order valence-corrected chi connectivity index (χ2v) is 3.32. The topological polar surface area (TPSA) is 52.6 Å². The molecule has 4 heteroatoms. The van der Waals surface area contributed by atoms with Crippen LogP contribution in [0.4, 0.5) is 0 Å². The maximum Gasteiger partial charge on any atom is 0.263 e. The summed E-state index contributed by atoms with van der Waals surface area (Å²) in [6, 6.07) is -0.118. The molecule has 4 nitrogen and oxygen atoms in total. The van der Waals surface area contributed by atoms with Gasteiger partial charge in [0.2, 0.25) is 0 Å². The van der Waals surface area contributed by atoms with Crippen LogP contribution < -0.4 is 5.32 Å². The molecule has 0 aromatic rings. The molecular formula is C7H12N2O2. The first-order valence-electron chi connectivity index (χ1n) is 4.01. The van der Waals surface area contributed by atoms with Crippen molar-refractivity contribution in [1.29, 1.82) is 0 Å². The third-order valence-electron chi connectivity index (χ3n) is 2.50. The lowest BCUT2D eigenvalue weighted by molar-refractivity contribution is -0.179. The van der Waals surface area contributed by atoms with Crippen LogP contribution in [0.5, 0.6) is 0 Å². The van der Waals surface area contributed by atoms with Crippen LogP contribution in [0.25, 0.3) is 0 Å². The zero-order valence-corrected chi connectivity index (χ0v) is 6.29. The number of hydrogen-bond donors (Lipinski definition) is 2. The predicted molar refractivity (Wildman–Crippen MR) is 38.0 cm³/mol. The number of nitrogens with zero attached hydrogens (tertiary/aromatic N) is 1. The van der Waals surface area contributed by atoms with Gasteiger partial charge in [0.05, 0.1) is 12.6 Å². The number of rotatable bonds is 0. The van der Waals surface area contributed by atoms with Crippen molar-refractivity contribution in [3.63, 3.8) is 0 Å². The Labute approximate surface area is 65.1 Å². The average molecular weight is 156 g/mol. The summed E-state index contributed by atoms with van der Waals surface area (Å²) in [7, 11) is 0. The van der Waals surface area contributed by atoms with Gasteiger partial charge in [0.25, 0.3) is 5.91 Å². The van der Waals surface area contributed by atoms with Gasteiger partial charge in [-0.15, -0.1) is 0 Å². The van der Waals surface area contributed by atoms with E-state index < -0.39 is 0 Å². The smallest absolute Gasteiger partial charge is 0.263 e. The quantitative estimate of drug-likeness (QED) is 0.469. The van der Waals surface area contributed by atoms with Gasteiger partial charge < -0.3 is 5.32 Å². The van der Waals surface area contributed by atoms with Crippen molar-refractivity contribution in [2.24, 2.45) is 5.92 Å². The van der Waals surface area contributed by atoms with Gasteiger partial charge in [-0.25, -0.2) is 5.06 Å². The van der Waals surface area contributed by atoms with Gasteiger partial charge in [-0.2, -0.15) is 0 Å². The van der Waals surface area contributed by atoms with E-state index in [-0.39, 0.29) is 11.9 Å². The monoisotopic (exact) mass is 156 g/mol. The summed E-state index contributed by atoms with van der Waals surface area (Å²) in [6.07, 6.45) is 1.97. The molecule has 2 N–H and O–H groups in total. The molecule has 2 atom stereocenters. The lowest BCUT2D eigenvalue weighted by atomic mass is 9.88. The highest BCUT2D eigenvalue weighted by Gasteiger charge is 2.35. The maximum absolute atomic E-state index is 11.1. The zero-order chi connectivity index (χ0) is 7.84. The molecular weight excluding hydrogens is 144 g/mol. The molecule has 2 rings (SSSR count). The van der Waals surface area contributed by atoms with E-state index >= 15 is 0 Å². The van der Waals surface area contributed by atoms with Crippen molar-refractivity contribution < 1.29 is 10.0 Å². The number of hydrogen-bond acceptors (Lipinski definition) is 3. The number of carbonyl (C=O) groups is 1. The molecule has 0 radical (unpaired) electrons. The Morgan fingerprint density at radius 2 is 2.45 bits per heavy atom. The third kappa shape index (κ3) is 1.12. The summed E-state index contributed by atoms with van der Waals surface area (Å²) in [6.45, 7) is 1.44. The molecule has 0 saturated carbocycles. The fraction of sp³-hybridized carbons (Fsp3) is 0.857. The van der Waals surface area contributed by atoms with E-state index in [2.05, 4.69) is 5.32 Å². The SMILES string of the molecule is O=C1C2CC(CCN2)CN1O. The number of fused-ring (bicyclic) bond motifs is 2. The zero-order valence-electron chi connectivity index (χ0n) is 6.29. The Kier molecular flexibility index (Phi) is 1.58. The van der Waals surface area contributed by atoms with E-state index in [9.17, 15) is 4.79 Å². The van der Waals surface area contributed by atoms with Crippen LogP contribution in [-0.2, 0) is 4.79 Å². The van der Waals surface area contributed by atoms with Gasteiger partial charge in [-0.1, -0.05) is 0 Å². The predicted octanol–water partition coefficient (Wildman–Crippen LogP) is -0.414. The Morgan fingerprint density at radius 1 is 1.64 bits per heavy atom. The van der Waals surface area contributed by atoms with Crippen LogP contribution in [0, 0.1) is 5.92 Å². The Balaban J connectivity index is 2.11. The van der Waals surface area contributed by atoms with E-state index in [1.807, 2.05) is 0 Å². The van der Waals surface area contributed by atoms with Crippen LogP contribution in [0.3, 0.4) is 0 Å². The highest BCUT2D eigenvalue weighted by molar-refractivity contribution is 5.81. The Morgan fingerprint density at radius 3 is 3.27 bits per heavy atom. The van der Waals surface area contributed by atoms with E-state index in [0.29, 0.717) is 12.5 Å². The minimum absolute atomic E-state index is 0.118. The molecule has 0 aliphatic carbocycles. The first kappa shape index (κ1) is 7.06. The van der Waals surface area contributed by atoms with E-state index in [1.54, 1.807) is 0 Å². The molecule has 2 saturated heterocycles. The lowest BCUT2D eigenvalue weighted by Crippen LogP contribution is -2.56. The third-order valence-corrected chi connectivity index (χ3v) is 2.50. The molecule has 2 aliphatic rings. The van der Waals surface area contributed by atoms with Crippen LogP contribution in [0.15, 0.2) is 0 Å². The Bertz CT molecular complexity index is 181. The molecule has 1 amide bonds. The number of piperidine rings is 2. The summed E-state index contributed by atoms with van der Waals surface area (Å²) in [4.78, 5) is 11.1. The lowest BCUT2D eigenvalue weighted by Gasteiger charge is -2.37. The van der Waals surface area contributed by atoms with Gasteiger partial charge in [-0.3, -0.25) is 10.0 Å². The highest BCUT2D eigenvalue weighted by Crippen LogP contribution is 2.22. The molecule has 0 aromatic heterocycles. The molecule has 2 unspecified atom stereocenters. The number of amides is 1.